The van der Waals surface area contributed by atoms with Gasteiger partial charge in [0.05, 0.1) is 0 Å². The number of hydrogen-bond donors (Lipinski definition) is 2. The number of carbonyl (C=O) groups excluding carboxylic acids is 4. The average Bonchev–Trinajstić information content (AvgIpc) is 2.16. The number of urea groups is 1. The highest BCUT2D eigenvalue weighted by molar-refractivity contribution is 6.15. The van der Waals surface area contributed by atoms with E-state index in [0.717, 1.165) is 4.90 Å². The molecule has 2 N–H and O–H groups in total. The van der Waals surface area contributed by atoms with Crippen LogP contribution in [0.1, 0.15) is 20.3 Å². The quantitative estimate of drug-likeness (QED) is 0.603. The average molecular weight is 227 g/mol. The molecule has 1 saturated heterocycles. The van der Waals surface area contributed by atoms with Crippen LogP contribution in [0.4, 0.5) is 4.79 Å². The zero-order valence-electron chi connectivity index (χ0n) is 9.07. The molecule has 0 aromatic carbocycles. The SMILES string of the molecule is CCNC(=O)C(C)N1C(=O)CC(=O)NC1=O. The van der Waals surface area contributed by atoms with Crippen LogP contribution in [-0.2, 0) is 14.4 Å². The zero-order valence-corrected chi connectivity index (χ0v) is 9.07. The van der Waals surface area contributed by atoms with Gasteiger partial charge in [0.2, 0.25) is 17.7 Å². The number of amides is 5. The van der Waals surface area contributed by atoms with Crippen LogP contribution in [0.2, 0.25) is 0 Å². The summed E-state index contributed by atoms with van der Waals surface area (Å²) in [6.45, 7) is 3.57. The molecule has 1 atom stereocenters. The summed E-state index contributed by atoms with van der Waals surface area (Å²) in [5, 5.41) is 4.48. The molecule has 1 rings (SSSR count). The standard InChI is InChI=1S/C9H13N3O4/c1-3-10-8(15)5(2)12-7(14)4-6(13)11-9(12)16/h5H,3-4H2,1-2H3,(H,10,15)(H,11,13,16). The van der Waals surface area contributed by atoms with Gasteiger partial charge >= 0.3 is 6.03 Å². The van der Waals surface area contributed by atoms with Crippen LogP contribution in [0, 0.1) is 0 Å². The second kappa shape index (κ2) is 4.73. The number of carbonyl (C=O) groups is 4. The Kier molecular flexibility index (Phi) is 3.60. The van der Waals surface area contributed by atoms with E-state index >= 15 is 0 Å². The summed E-state index contributed by atoms with van der Waals surface area (Å²) in [7, 11) is 0. The Hall–Kier alpha value is -1.92. The molecular weight excluding hydrogens is 214 g/mol. The lowest BCUT2D eigenvalue weighted by Crippen LogP contribution is -2.59. The van der Waals surface area contributed by atoms with Gasteiger partial charge in [0.15, 0.2) is 0 Å². The summed E-state index contributed by atoms with van der Waals surface area (Å²) in [6, 6.07) is -1.76. The van der Waals surface area contributed by atoms with E-state index in [1.807, 2.05) is 5.32 Å². The van der Waals surface area contributed by atoms with Gasteiger partial charge in [-0.2, -0.15) is 0 Å². The minimum atomic E-state index is -0.916. The molecule has 5 amide bonds. The number of rotatable bonds is 3. The molecule has 0 spiro atoms. The second-order valence-electron chi connectivity index (χ2n) is 3.36. The number of hydrogen-bond acceptors (Lipinski definition) is 4. The molecule has 0 aliphatic carbocycles. The molecule has 0 saturated carbocycles. The monoisotopic (exact) mass is 227 g/mol. The predicted octanol–water partition coefficient (Wildman–Crippen LogP) is -1.02. The fraction of sp³-hybridized carbons (Fsp3) is 0.556. The topological polar surface area (TPSA) is 95.6 Å². The Morgan fingerprint density at radius 3 is 2.62 bits per heavy atom. The normalized spacial score (nSPS) is 18.1. The first-order chi connectivity index (χ1) is 7.47. The van der Waals surface area contributed by atoms with Crippen LogP contribution in [-0.4, -0.2) is 41.2 Å². The Labute approximate surface area is 92.2 Å². The third-order valence-corrected chi connectivity index (χ3v) is 2.16. The molecule has 0 bridgehead atoms. The van der Waals surface area contributed by atoms with Gasteiger partial charge < -0.3 is 5.32 Å². The van der Waals surface area contributed by atoms with E-state index in [1.54, 1.807) is 6.92 Å². The zero-order chi connectivity index (χ0) is 12.3. The van der Waals surface area contributed by atoms with Gasteiger partial charge in [-0.1, -0.05) is 0 Å². The van der Waals surface area contributed by atoms with E-state index in [-0.39, 0.29) is 0 Å². The van der Waals surface area contributed by atoms with Crippen molar-refractivity contribution >= 4 is 23.8 Å². The Morgan fingerprint density at radius 1 is 1.50 bits per heavy atom. The van der Waals surface area contributed by atoms with Crippen LogP contribution < -0.4 is 10.6 Å². The minimum absolute atomic E-state index is 0.407. The first-order valence-electron chi connectivity index (χ1n) is 4.91. The molecule has 0 radical (unpaired) electrons. The molecule has 7 nitrogen and oxygen atoms in total. The van der Waals surface area contributed by atoms with Gasteiger partial charge in [-0.25, -0.2) is 4.79 Å². The highest BCUT2D eigenvalue weighted by Gasteiger charge is 2.36. The first-order valence-corrected chi connectivity index (χ1v) is 4.91. The molecular formula is C9H13N3O4. The molecule has 7 heteroatoms. The van der Waals surface area contributed by atoms with Crippen molar-refractivity contribution in [1.29, 1.82) is 0 Å². The summed E-state index contributed by atoms with van der Waals surface area (Å²) in [5.41, 5.74) is 0. The van der Waals surface area contributed by atoms with Crippen molar-refractivity contribution in [3.05, 3.63) is 0 Å². The van der Waals surface area contributed by atoms with Crippen molar-refractivity contribution < 1.29 is 19.2 Å². The fourth-order valence-electron chi connectivity index (χ4n) is 1.39. The maximum atomic E-state index is 11.4. The van der Waals surface area contributed by atoms with Gasteiger partial charge in [-0.15, -0.1) is 0 Å². The van der Waals surface area contributed by atoms with Crippen LogP contribution in [0.25, 0.3) is 0 Å². The summed E-state index contributed by atoms with van der Waals surface area (Å²) < 4.78 is 0. The van der Waals surface area contributed by atoms with E-state index in [9.17, 15) is 19.2 Å². The number of imide groups is 2. The molecule has 1 fully saturated rings. The maximum Gasteiger partial charge on any atom is 0.331 e. The molecule has 0 aromatic heterocycles. The highest BCUT2D eigenvalue weighted by atomic mass is 16.2. The van der Waals surface area contributed by atoms with Crippen molar-refractivity contribution in [2.45, 2.75) is 26.3 Å². The van der Waals surface area contributed by atoms with E-state index in [0.29, 0.717) is 6.54 Å². The number of likely N-dealkylation sites (N-methyl/N-ethyl adjacent to an activating group) is 1. The fourth-order valence-corrected chi connectivity index (χ4v) is 1.39. The molecule has 0 aromatic rings. The lowest BCUT2D eigenvalue weighted by molar-refractivity contribution is -0.141. The van der Waals surface area contributed by atoms with E-state index in [1.165, 1.54) is 6.92 Å². The Morgan fingerprint density at radius 2 is 2.12 bits per heavy atom. The predicted molar refractivity (Wildman–Crippen MR) is 53.1 cm³/mol. The third kappa shape index (κ3) is 2.36. The van der Waals surface area contributed by atoms with Gasteiger partial charge in [0, 0.05) is 6.54 Å². The number of barbiturate groups is 1. The smallest absolute Gasteiger partial charge is 0.331 e. The van der Waals surface area contributed by atoms with E-state index in [4.69, 9.17) is 0 Å². The van der Waals surface area contributed by atoms with Crippen molar-refractivity contribution in [3.8, 4) is 0 Å². The van der Waals surface area contributed by atoms with Gasteiger partial charge in [-0.3, -0.25) is 24.6 Å². The molecule has 1 aliphatic heterocycles. The summed E-state index contributed by atoms with van der Waals surface area (Å²) in [4.78, 5) is 45.9. The molecule has 16 heavy (non-hydrogen) atoms. The minimum Gasteiger partial charge on any atom is -0.355 e. The van der Waals surface area contributed by atoms with Crippen LogP contribution in [0.5, 0.6) is 0 Å². The van der Waals surface area contributed by atoms with Crippen LogP contribution in [0.15, 0.2) is 0 Å². The second-order valence-corrected chi connectivity index (χ2v) is 3.36. The lowest BCUT2D eigenvalue weighted by Gasteiger charge is -2.29. The highest BCUT2D eigenvalue weighted by Crippen LogP contribution is 2.08. The maximum absolute atomic E-state index is 11.4. The third-order valence-electron chi connectivity index (χ3n) is 2.16. The van der Waals surface area contributed by atoms with Crippen LogP contribution in [0.3, 0.4) is 0 Å². The lowest BCUT2D eigenvalue weighted by atomic mass is 10.2. The van der Waals surface area contributed by atoms with Crippen molar-refractivity contribution in [2.75, 3.05) is 6.54 Å². The van der Waals surface area contributed by atoms with E-state index < -0.39 is 36.2 Å². The van der Waals surface area contributed by atoms with Crippen molar-refractivity contribution in [1.82, 2.24) is 15.5 Å². The molecule has 1 unspecified atom stereocenters. The number of nitrogens with zero attached hydrogens (tertiary/aromatic N) is 1. The van der Waals surface area contributed by atoms with Crippen LogP contribution >= 0.6 is 0 Å². The summed E-state index contributed by atoms with van der Waals surface area (Å²) >= 11 is 0. The first kappa shape index (κ1) is 12.2. The molecule has 1 aliphatic rings. The summed E-state index contributed by atoms with van der Waals surface area (Å²) in [6.07, 6.45) is -0.407. The van der Waals surface area contributed by atoms with E-state index in [2.05, 4.69) is 5.32 Å². The largest absolute Gasteiger partial charge is 0.355 e. The Balaban J connectivity index is 2.78. The molecule has 1 heterocycles. The van der Waals surface area contributed by atoms with Gasteiger partial charge in [0.1, 0.15) is 12.5 Å². The van der Waals surface area contributed by atoms with Crippen molar-refractivity contribution in [2.24, 2.45) is 0 Å². The van der Waals surface area contributed by atoms with Gasteiger partial charge in [0.25, 0.3) is 0 Å². The summed E-state index contributed by atoms with van der Waals surface area (Å²) in [5.74, 6) is -1.73. The Bertz CT molecular complexity index is 333. The van der Waals surface area contributed by atoms with Gasteiger partial charge in [-0.05, 0) is 13.8 Å². The number of nitrogens with one attached hydrogen (secondary N) is 2. The van der Waals surface area contributed by atoms with Crippen molar-refractivity contribution in [3.63, 3.8) is 0 Å². The molecule has 88 valence electrons.